The van der Waals surface area contributed by atoms with Gasteiger partial charge in [-0.1, -0.05) is 37.3 Å². The van der Waals surface area contributed by atoms with Crippen molar-refractivity contribution in [2.24, 2.45) is 13.0 Å². The summed E-state index contributed by atoms with van der Waals surface area (Å²) in [4.78, 5) is 12.0. The zero-order valence-corrected chi connectivity index (χ0v) is 9.63. The molecule has 1 fully saturated rings. The molecular weight excluding hydrogens is 212 g/mol. The fraction of sp³-hybridized carbons (Fsp3) is 0.636. The first-order valence-electron chi connectivity index (χ1n) is 5.39. The number of aryl methyl sites for hydroxylation is 1. The zero-order chi connectivity index (χ0) is 10.8. The molecule has 3 nitrogen and oxygen atoms in total. The van der Waals surface area contributed by atoms with Gasteiger partial charge in [-0.15, -0.1) is 0 Å². The van der Waals surface area contributed by atoms with Gasteiger partial charge in [0.25, 0.3) is 0 Å². The second-order valence-corrected chi connectivity index (χ2v) is 4.65. The molecule has 0 atom stereocenters. The lowest BCUT2D eigenvalue weighted by atomic mass is 10.00. The van der Waals surface area contributed by atoms with Crippen LogP contribution >= 0.6 is 11.6 Å². The van der Waals surface area contributed by atoms with Gasteiger partial charge in [-0.3, -0.25) is 9.48 Å². The summed E-state index contributed by atoms with van der Waals surface area (Å²) in [5.74, 6) is 0.690. The highest BCUT2D eigenvalue weighted by molar-refractivity contribution is 6.33. The molecule has 0 unspecified atom stereocenters. The van der Waals surface area contributed by atoms with E-state index in [9.17, 15) is 4.79 Å². The molecule has 4 heteroatoms. The second kappa shape index (κ2) is 4.35. The van der Waals surface area contributed by atoms with Crippen molar-refractivity contribution in [2.75, 3.05) is 0 Å². The third-order valence-electron chi connectivity index (χ3n) is 3.11. The molecule has 0 aromatic carbocycles. The number of Topliss-reactive ketones (excluding diaryl/α,β-unsaturated/α-hetero) is 1. The number of ketones is 1. The first-order chi connectivity index (χ1) is 7.18. The normalized spacial score (nSPS) is 17.2. The van der Waals surface area contributed by atoms with Gasteiger partial charge in [0.15, 0.2) is 5.78 Å². The van der Waals surface area contributed by atoms with Crippen LogP contribution in [0.2, 0.25) is 5.02 Å². The summed E-state index contributed by atoms with van der Waals surface area (Å²) in [5, 5.41) is 4.45. The van der Waals surface area contributed by atoms with Gasteiger partial charge in [-0.2, -0.15) is 5.10 Å². The molecule has 0 radical (unpaired) electrons. The van der Waals surface area contributed by atoms with Gasteiger partial charge in [0.05, 0.1) is 11.2 Å². The van der Waals surface area contributed by atoms with Crippen molar-refractivity contribution >= 4 is 17.4 Å². The second-order valence-electron chi connectivity index (χ2n) is 4.24. The molecule has 1 saturated carbocycles. The van der Waals surface area contributed by atoms with Crippen molar-refractivity contribution < 1.29 is 4.79 Å². The van der Waals surface area contributed by atoms with Crippen LogP contribution in [0.5, 0.6) is 0 Å². The minimum Gasteiger partial charge on any atom is -0.292 e. The number of nitrogens with zero attached hydrogens (tertiary/aromatic N) is 2. The maximum atomic E-state index is 12.0. The fourth-order valence-electron chi connectivity index (χ4n) is 2.30. The molecule has 0 bridgehead atoms. The topological polar surface area (TPSA) is 34.9 Å². The summed E-state index contributed by atoms with van der Waals surface area (Å²) in [6.07, 6.45) is 7.04. The maximum absolute atomic E-state index is 12.0. The van der Waals surface area contributed by atoms with Crippen molar-refractivity contribution in [3.05, 3.63) is 16.9 Å². The summed E-state index contributed by atoms with van der Waals surface area (Å²) in [5.41, 5.74) is 0.559. The Balaban J connectivity index is 2.07. The lowest BCUT2D eigenvalue weighted by Crippen LogP contribution is -2.11. The molecule has 1 aromatic heterocycles. The molecule has 1 aliphatic rings. The largest absolute Gasteiger partial charge is 0.292 e. The van der Waals surface area contributed by atoms with E-state index in [1.54, 1.807) is 11.7 Å². The minimum absolute atomic E-state index is 0.131. The minimum atomic E-state index is 0.131. The molecule has 2 rings (SSSR count). The predicted molar refractivity (Wildman–Crippen MR) is 59.1 cm³/mol. The molecule has 1 heterocycles. The quantitative estimate of drug-likeness (QED) is 0.743. The molecule has 1 aromatic rings. The van der Waals surface area contributed by atoms with Gasteiger partial charge < -0.3 is 0 Å². The highest BCUT2D eigenvalue weighted by Gasteiger charge is 2.22. The molecule has 0 N–H and O–H groups in total. The van der Waals surface area contributed by atoms with E-state index in [4.69, 9.17) is 11.6 Å². The van der Waals surface area contributed by atoms with E-state index in [2.05, 4.69) is 5.10 Å². The van der Waals surface area contributed by atoms with Gasteiger partial charge in [-0.25, -0.2) is 0 Å². The van der Waals surface area contributed by atoms with E-state index in [0.717, 1.165) is 0 Å². The monoisotopic (exact) mass is 226 g/mol. The number of halogens is 1. The van der Waals surface area contributed by atoms with Crippen LogP contribution in [0.15, 0.2) is 6.20 Å². The van der Waals surface area contributed by atoms with E-state index in [1.165, 1.54) is 31.9 Å². The number of rotatable bonds is 3. The van der Waals surface area contributed by atoms with E-state index in [1.807, 2.05) is 0 Å². The number of hydrogen-bond acceptors (Lipinski definition) is 2. The van der Waals surface area contributed by atoms with Crippen LogP contribution in [0, 0.1) is 5.92 Å². The molecule has 0 amide bonds. The van der Waals surface area contributed by atoms with E-state index < -0.39 is 0 Å². The van der Waals surface area contributed by atoms with E-state index in [0.29, 0.717) is 23.1 Å². The van der Waals surface area contributed by atoms with Crippen LogP contribution in [0.1, 0.15) is 42.6 Å². The summed E-state index contributed by atoms with van der Waals surface area (Å²) in [6, 6.07) is 0. The number of carbonyl (C=O) groups is 1. The Bertz CT molecular complexity index is 347. The van der Waals surface area contributed by atoms with Crippen LogP contribution in [-0.2, 0) is 7.05 Å². The SMILES string of the molecule is Cn1ncc(Cl)c1C(=O)CC1CCCC1. The van der Waals surface area contributed by atoms with E-state index in [-0.39, 0.29) is 5.78 Å². The standard InChI is InChI=1S/C11H15ClN2O/c1-14-11(9(12)7-13-14)10(15)6-8-4-2-3-5-8/h7-8H,2-6H2,1H3. The molecular formula is C11H15ClN2O. The first kappa shape index (κ1) is 10.7. The summed E-state index contributed by atoms with van der Waals surface area (Å²) >= 11 is 5.92. The molecule has 1 aliphatic carbocycles. The number of hydrogen-bond donors (Lipinski definition) is 0. The van der Waals surface area contributed by atoms with Crippen LogP contribution < -0.4 is 0 Å². The smallest absolute Gasteiger partial charge is 0.182 e. The Kier molecular flexibility index (Phi) is 3.10. The molecule has 0 saturated heterocycles. The molecule has 82 valence electrons. The van der Waals surface area contributed by atoms with Crippen molar-refractivity contribution in [1.29, 1.82) is 0 Å². The lowest BCUT2D eigenvalue weighted by molar-refractivity contribution is 0.0953. The summed E-state index contributed by atoms with van der Waals surface area (Å²) in [6.45, 7) is 0. The van der Waals surface area contributed by atoms with Crippen LogP contribution in [0.4, 0.5) is 0 Å². The van der Waals surface area contributed by atoms with Crippen molar-refractivity contribution in [3.8, 4) is 0 Å². The average molecular weight is 227 g/mol. The third kappa shape index (κ3) is 2.23. The average Bonchev–Trinajstić information content (AvgIpc) is 2.77. The van der Waals surface area contributed by atoms with Gasteiger partial charge in [-0.05, 0) is 5.92 Å². The van der Waals surface area contributed by atoms with Crippen LogP contribution in [-0.4, -0.2) is 15.6 Å². The molecule has 0 aliphatic heterocycles. The Morgan fingerprint density at radius 2 is 2.27 bits per heavy atom. The van der Waals surface area contributed by atoms with Gasteiger partial charge >= 0.3 is 0 Å². The van der Waals surface area contributed by atoms with Crippen LogP contribution in [0.3, 0.4) is 0 Å². The highest BCUT2D eigenvalue weighted by Crippen LogP contribution is 2.29. The Hall–Kier alpha value is -0.830. The Labute approximate surface area is 94.4 Å². The first-order valence-corrected chi connectivity index (χ1v) is 5.77. The van der Waals surface area contributed by atoms with Gasteiger partial charge in [0, 0.05) is 13.5 Å². The highest BCUT2D eigenvalue weighted by atomic mass is 35.5. The van der Waals surface area contributed by atoms with Gasteiger partial charge in [0.2, 0.25) is 0 Å². The predicted octanol–water partition coefficient (Wildman–Crippen LogP) is 2.84. The fourth-order valence-corrected chi connectivity index (χ4v) is 2.57. The molecule has 15 heavy (non-hydrogen) atoms. The van der Waals surface area contributed by atoms with Crippen molar-refractivity contribution in [3.63, 3.8) is 0 Å². The zero-order valence-electron chi connectivity index (χ0n) is 8.87. The Morgan fingerprint density at radius 3 is 2.80 bits per heavy atom. The van der Waals surface area contributed by atoms with Crippen molar-refractivity contribution in [2.45, 2.75) is 32.1 Å². The van der Waals surface area contributed by atoms with Crippen molar-refractivity contribution in [1.82, 2.24) is 9.78 Å². The third-order valence-corrected chi connectivity index (χ3v) is 3.38. The maximum Gasteiger partial charge on any atom is 0.182 e. The van der Waals surface area contributed by atoms with Gasteiger partial charge in [0.1, 0.15) is 5.69 Å². The van der Waals surface area contributed by atoms with E-state index >= 15 is 0 Å². The number of carbonyl (C=O) groups excluding carboxylic acids is 1. The Morgan fingerprint density at radius 1 is 1.60 bits per heavy atom. The number of aromatic nitrogens is 2. The summed E-state index contributed by atoms with van der Waals surface area (Å²) < 4.78 is 1.57. The van der Waals surface area contributed by atoms with Crippen LogP contribution in [0.25, 0.3) is 0 Å². The summed E-state index contributed by atoms with van der Waals surface area (Å²) in [7, 11) is 1.76. The lowest BCUT2D eigenvalue weighted by Gasteiger charge is -2.07. The molecule has 0 spiro atoms.